The van der Waals surface area contributed by atoms with Gasteiger partial charge in [-0.25, -0.2) is 4.39 Å². The number of rotatable bonds is 3. The molecule has 1 N–H and O–H groups in total. The summed E-state index contributed by atoms with van der Waals surface area (Å²) in [6.45, 7) is 3.72. The topological polar surface area (TPSA) is 45.2 Å². The molecule has 5 heteroatoms. The van der Waals surface area contributed by atoms with Crippen LogP contribution in [0.25, 0.3) is 0 Å². The largest absolute Gasteiger partial charge is 0.371 e. The molecule has 1 aromatic heterocycles. The average molecular weight is 299 g/mol. The van der Waals surface area contributed by atoms with Crippen LogP contribution in [0.15, 0.2) is 36.5 Å². The number of pyridine rings is 1. The van der Waals surface area contributed by atoms with Crippen molar-refractivity contribution in [2.45, 2.75) is 19.8 Å². The van der Waals surface area contributed by atoms with E-state index in [1.807, 2.05) is 13.0 Å². The first-order valence-corrected chi connectivity index (χ1v) is 7.41. The molecule has 1 aliphatic rings. The smallest absolute Gasteiger partial charge is 0.257 e. The Kier molecular flexibility index (Phi) is 4.04. The van der Waals surface area contributed by atoms with E-state index in [0.717, 1.165) is 37.3 Å². The van der Waals surface area contributed by atoms with Crippen LogP contribution in [0.3, 0.4) is 0 Å². The van der Waals surface area contributed by atoms with Crippen LogP contribution in [-0.4, -0.2) is 24.0 Å². The van der Waals surface area contributed by atoms with Crippen molar-refractivity contribution in [1.29, 1.82) is 0 Å². The Morgan fingerprint density at radius 1 is 1.23 bits per heavy atom. The van der Waals surface area contributed by atoms with Crippen LogP contribution in [0.1, 0.15) is 28.9 Å². The van der Waals surface area contributed by atoms with Gasteiger partial charge in [0.25, 0.3) is 5.91 Å². The van der Waals surface area contributed by atoms with Gasteiger partial charge in [-0.15, -0.1) is 0 Å². The van der Waals surface area contributed by atoms with E-state index in [2.05, 4.69) is 15.2 Å². The Morgan fingerprint density at radius 2 is 2.00 bits per heavy atom. The first-order valence-electron chi connectivity index (χ1n) is 7.41. The summed E-state index contributed by atoms with van der Waals surface area (Å²) in [6.07, 6.45) is 3.76. The second-order valence-corrected chi connectivity index (χ2v) is 5.53. The number of benzene rings is 1. The molecule has 0 aliphatic carbocycles. The molecule has 0 saturated carbocycles. The van der Waals surface area contributed by atoms with Gasteiger partial charge in [0.05, 0.1) is 5.56 Å². The molecule has 1 fully saturated rings. The van der Waals surface area contributed by atoms with Gasteiger partial charge in [0, 0.05) is 36.4 Å². The van der Waals surface area contributed by atoms with Gasteiger partial charge in [-0.05, 0) is 50.1 Å². The summed E-state index contributed by atoms with van der Waals surface area (Å²) >= 11 is 0. The fourth-order valence-electron chi connectivity index (χ4n) is 2.61. The maximum Gasteiger partial charge on any atom is 0.257 e. The molecule has 1 amide bonds. The maximum atomic E-state index is 13.8. The van der Waals surface area contributed by atoms with Crippen LogP contribution in [-0.2, 0) is 0 Å². The van der Waals surface area contributed by atoms with Crippen LogP contribution < -0.4 is 10.2 Å². The predicted octanol–water partition coefficient (Wildman–Crippen LogP) is 3.38. The minimum Gasteiger partial charge on any atom is -0.371 e. The summed E-state index contributed by atoms with van der Waals surface area (Å²) < 4.78 is 13.8. The molecule has 0 unspecified atom stereocenters. The predicted molar refractivity (Wildman–Crippen MR) is 84.8 cm³/mol. The highest BCUT2D eigenvalue weighted by molar-refractivity contribution is 6.04. The molecule has 4 nitrogen and oxygen atoms in total. The van der Waals surface area contributed by atoms with Crippen molar-refractivity contribution in [2.24, 2.45) is 0 Å². The first-order chi connectivity index (χ1) is 10.6. The van der Waals surface area contributed by atoms with E-state index in [4.69, 9.17) is 0 Å². The van der Waals surface area contributed by atoms with Gasteiger partial charge in [0.2, 0.25) is 0 Å². The monoisotopic (exact) mass is 299 g/mol. The molecule has 0 radical (unpaired) electrons. The fraction of sp³-hybridized carbons (Fsp3) is 0.294. The van der Waals surface area contributed by atoms with Crippen molar-refractivity contribution in [3.63, 3.8) is 0 Å². The highest BCUT2D eigenvalue weighted by atomic mass is 19.1. The molecule has 0 bridgehead atoms. The first kappa shape index (κ1) is 14.5. The summed E-state index contributed by atoms with van der Waals surface area (Å²) in [5, 5.41) is 2.74. The number of nitrogens with one attached hydrogen (secondary N) is 1. The molecule has 2 heterocycles. The van der Waals surface area contributed by atoms with Crippen LogP contribution in [0.4, 0.5) is 15.8 Å². The number of aromatic nitrogens is 1. The minimum atomic E-state index is -0.346. The molecule has 22 heavy (non-hydrogen) atoms. The molecular weight excluding hydrogens is 281 g/mol. The lowest BCUT2D eigenvalue weighted by Crippen LogP contribution is -2.18. The molecule has 0 spiro atoms. The van der Waals surface area contributed by atoms with Crippen molar-refractivity contribution in [3.8, 4) is 0 Å². The molecule has 2 aromatic rings. The number of carbonyl (C=O) groups excluding carboxylic acids is 1. The quantitative estimate of drug-likeness (QED) is 0.945. The molecule has 1 aromatic carbocycles. The lowest BCUT2D eigenvalue weighted by atomic mass is 10.2. The SMILES string of the molecule is Cc1ccc(C(=O)Nc2cc(F)cc(N3CCCC3)c2)cn1. The van der Waals surface area contributed by atoms with Crippen molar-refractivity contribution in [1.82, 2.24) is 4.98 Å². The van der Waals surface area contributed by atoms with E-state index in [0.29, 0.717) is 11.3 Å². The lowest BCUT2D eigenvalue weighted by Gasteiger charge is -2.18. The van der Waals surface area contributed by atoms with E-state index in [1.54, 1.807) is 12.1 Å². The van der Waals surface area contributed by atoms with E-state index >= 15 is 0 Å². The van der Waals surface area contributed by atoms with E-state index in [1.165, 1.54) is 18.3 Å². The zero-order chi connectivity index (χ0) is 15.5. The van der Waals surface area contributed by atoms with Crippen molar-refractivity contribution < 1.29 is 9.18 Å². The van der Waals surface area contributed by atoms with Gasteiger partial charge in [0.15, 0.2) is 0 Å². The standard InChI is InChI=1S/C17H18FN3O/c1-12-4-5-13(11-19-12)17(22)20-15-8-14(18)9-16(10-15)21-6-2-3-7-21/h4-5,8-11H,2-3,6-7H2,1H3,(H,20,22). The van der Waals surface area contributed by atoms with E-state index < -0.39 is 0 Å². The van der Waals surface area contributed by atoms with Crippen molar-refractivity contribution in [2.75, 3.05) is 23.3 Å². The van der Waals surface area contributed by atoms with Crippen LogP contribution >= 0.6 is 0 Å². The van der Waals surface area contributed by atoms with Gasteiger partial charge < -0.3 is 10.2 Å². The molecule has 1 saturated heterocycles. The van der Waals surface area contributed by atoms with Gasteiger partial charge in [-0.3, -0.25) is 9.78 Å². The van der Waals surface area contributed by atoms with Gasteiger partial charge in [0.1, 0.15) is 5.82 Å². The number of amides is 1. The van der Waals surface area contributed by atoms with Gasteiger partial charge in [-0.1, -0.05) is 0 Å². The highest BCUT2D eigenvalue weighted by Gasteiger charge is 2.15. The average Bonchev–Trinajstić information content (AvgIpc) is 3.01. The highest BCUT2D eigenvalue weighted by Crippen LogP contribution is 2.25. The Balaban J connectivity index is 1.79. The maximum absolute atomic E-state index is 13.8. The summed E-state index contributed by atoms with van der Waals surface area (Å²) in [6, 6.07) is 8.13. The third kappa shape index (κ3) is 3.24. The van der Waals surface area contributed by atoms with E-state index in [9.17, 15) is 9.18 Å². The zero-order valence-corrected chi connectivity index (χ0v) is 12.5. The fourth-order valence-corrected chi connectivity index (χ4v) is 2.61. The third-order valence-electron chi connectivity index (χ3n) is 3.79. The number of hydrogen-bond acceptors (Lipinski definition) is 3. The zero-order valence-electron chi connectivity index (χ0n) is 12.5. The Labute approximate surface area is 129 Å². The Hall–Kier alpha value is -2.43. The number of hydrogen-bond donors (Lipinski definition) is 1. The number of halogens is 1. The Morgan fingerprint density at radius 3 is 2.68 bits per heavy atom. The summed E-state index contributed by atoms with van der Waals surface area (Å²) in [7, 11) is 0. The second-order valence-electron chi connectivity index (χ2n) is 5.53. The van der Waals surface area contributed by atoms with Crippen LogP contribution in [0.5, 0.6) is 0 Å². The number of carbonyl (C=O) groups is 1. The number of aryl methyl sites for hydroxylation is 1. The Bertz CT molecular complexity index is 679. The lowest BCUT2D eigenvalue weighted by molar-refractivity contribution is 0.102. The molecule has 114 valence electrons. The van der Waals surface area contributed by atoms with Gasteiger partial charge >= 0.3 is 0 Å². The summed E-state index contributed by atoms with van der Waals surface area (Å²) in [5.74, 6) is -0.632. The minimum absolute atomic E-state index is 0.287. The van der Waals surface area contributed by atoms with Crippen molar-refractivity contribution in [3.05, 3.63) is 53.6 Å². The summed E-state index contributed by atoms with van der Waals surface area (Å²) in [4.78, 5) is 18.4. The molecule has 1 aliphatic heterocycles. The summed E-state index contributed by atoms with van der Waals surface area (Å²) in [5.41, 5.74) is 2.58. The molecular formula is C17H18FN3O. The van der Waals surface area contributed by atoms with E-state index in [-0.39, 0.29) is 11.7 Å². The van der Waals surface area contributed by atoms with Gasteiger partial charge in [-0.2, -0.15) is 0 Å². The van der Waals surface area contributed by atoms with Crippen molar-refractivity contribution >= 4 is 17.3 Å². The number of nitrogens with zero attached hydrogens (tertiary/aromatic N) is 2. The normalized spacial score (nSPS) is 14.2. The van der Waals surface area contributed by atoms with Crippen LogP contribution in [0, 0.1) is 12.7 Å². The number of anilines is 2. The molecule has 3 rings (SSSR count). The second kappa shape index (κ2) is 6.13. The van der Waals surface area contributed by atoms with Crippen LogP contribution in [0.2, 0.25) is 0 Å². The molecule has 0 atom stereocenters. The third-order valence-corrected chi connectivity index (χ3v) is 3.79.